The second-order valence-corrected chi connectivity index (χ2v) is 4.88. The van der Waals surface area contributed by atoms with E-state index in [-0.39, 0.29) is 6.23 Å². The first-order chi connectivity index (χ1) is 10.6. The topological polar surface area (TPSA) is 74.7 Å². The molecule has 0 saturated heterocycles. The van der Waals surface area contributed by atoms with E-state index in [0.29, 0.717) is 18.0 Å². The van der Waals surface area contributed by atoms with Crippen molar-refractivity contribution in [1.82, 2.24) is 19.4 Å². The third kappa shape index (κ3) is 2.29. The Balaban J connectivity index is 2.15. The number of aromatic nitrogens is 4. The number of rotatable bonds is 4. The molecule has 3 aromatic heterocycles. The molecule has 1 atom stereocenters. The summed E-state index contributed by atoms with van der Waals surface area (Å²) in [5.41, 5.74) is 9.31. The highest BCUT2D eigenvalue weighted by Gasteiger charge is 2.15. The zero-order chi connectivity index (χ0) is 15.7. The highest BCUT2D eigenvalue weighted by atomic mass is 16.5. The number of fused-ring (bicyclic) bond motifs is 1. The maximum Gasteiger partial charge on any atom is 0.216 e. The van der Waals surface area contributed by atoms with Crippen LogP contribution in [0.25, 0.3) is 21.5 Å². The van der Waals surface area contributed by atoms with Gasteiger partial charge >= 0.3 is 0 Å². The van der Waals surface area contributed by atoms with Gasteiger partial charge in [-0.15, -0.1) is 0 Å². The minimum Gasteiger partial charge on any atom is -0.397 e. The molecule has 2 N–H and O–H groups in total. The summed E-state index contributed by atoms with van der Waals surface area (Å²) in [5.74, 6) is 0. The van der Waals surface area contributed by atoms with Crippen LogP contribution in [0.4, 0.5) is 11.4 Å². The Bertz CT molecular complexity index is 857. The van der Waals surface area contributed by atoms with E-state index in [9.17, 15) is 0 Å². The third-order valence-electron chi connectivity index (χ3n) is 3.43. The Labute approximate surface area is 127 Å². The van der Waals surface area contributed by atoms with Gasteiger partial charge in [0.2, 0.25) is 5.69 Å². The molecule has 0 aliphatic heterocycles. The van der Waals surface area contributed by atoms with Crippen LogP contribution in [0.15, 0.2) is 30.9 Å². The zero-order valence-corrected chi connectivity index (χ0v) is 12.4. The predicted octanol–water partition coefficient (Wildman–Crippen LogP) is 2.89. The molecule has 0 aromatic carbocycles. The van der Waals surface area contributed by atoms with Gasteiger partial charge in [-0.3, -0.25) is 0 Å². The number of ether oxygens (including phenoxy) is 1. The highest BCUT2D eigenvalue weighted by Crippen LogP contribution is 2.35. The SMILES string of the molecule is [C-]#[N+]c1cnn2cc(N)cc2c1-c1cnn(C(C)OCC)c1. The number of nitrogens with zero attached hydrogens (tertiary/aromatic N) is 5. The van der Waals surface area contributed by atoms with Crippen LogP contribution in [0.5, 0.6) is 0 Å². The molecule has 7 heteroatoms. The smallest absolute Gasteiger partial charge is 0.216 e. The normalized spacial score (nSPS) is 12.4. The summed E-state index contributed by atoms with van der Waals surface area (Å²) in [4.78, 5) is 3.56. The van der Waals surface area contributed by atoms with E-state index in [1.807, 2.05) is 20.0 Å². The summed E-state index contributed by atoms with van der Waals surface area (Å²) < 4.78 is 8.93. The van der Waals surface area contributed by atoms with Crippen molar-refractivity contribution in [2.45, 2.75) is 20.1 Å². The largest absolute Gasteiger partial charge is 0.397 e. The fourth-order valence-corrected chi connectivity index (χ4v) is 2.43. The Morgan fingerprint density at radius 3 is 2.91 bits per heavy atom. The van der Waals surface area contributed by atoms with Crippen LogP contribution in [-0.2, 0) is 4.74 Å². The van der Waals surface area contributed by atoms with Gasteiger partial charge in [-0.2, -0.15) is 10.2 Å². The van der Waals surface area contributed by atoms with Crippen LogP contribution in [0.2, 0.25) is 0 Å². The lowest BCUT2D eigenvalue weighted by Crippen LogP contribution is -2.09. The van der Waals surface area contributed by atoms with Gasteiger partial charge in [-0.25, -0.2) is 14.0 Å². The molecular weight excluding hydrogens is 280 g/mol. The van der Waals surface area contributed by atoms with E-state index >= 15 is 0 Å². The third-order valence-corrected chi connectivity index (χ3v) is 3.43. The van der Waals surface area contributed by atoms with Crippen LogP contribution in [0.3, 0.4) is 0 Å². The Hall–Kier alpha value is -2.85. The molecule has 0 bridgehead atoms. The second kappa shape index (κ2) is 5.50. The monoisotopic (exact) mass is 296 g/mol. The molecule has 0 radical (unpaired) electrons. The van der Waals surface area contributed by atoms with Gasteiger partial charge in [0.15, 0.2) is 0 Å². The molecule has 1 unspecified atom stereocenters. The molecule has 7 nitrogen and oxygen atoms in total. The molecule has 3 rings (SSSR count). The fourth-order valence-electron chi connectivity index (χ4n) is 2.43. The maximum absolute atomic E-state index is 7.37. The molecule has 0 spiro atoms. The van der Waals surface area contributed by atoms with Crippen molar-refractivity contribution in [3.8, 4) is 11.1 Å². The predicted molar refractivity (Wildman–Crippen MR) is 83.4 cm³/mol. The van der Waals surface area contributed by atoms with Crippen molar-refractivity contribution >= 4 is 16.9 Å². The van der Waals surface area contributed by atoms with E-state index in [1.165, 1.54) is 6.20 Å². The molecule has 3 heterocycles. The van der Waals surface area contributed by atoms with Gasteiger partial charge < -0.3 is 10.5 Å². The average molecular weight is 296 g/mol. The Morgan fingerprint density at radius 1 is 1.36 bits per heavy atom. The van der Waals surface area contributed by atoms with Crippen LogP contribution in [0, 0.1) is 6.57 Å². The number of anilines is 1. The molecule has 0 saturated carbocycles. The molecule has 0 amide bonds. The zero-order valence-electron chi connectivity index (χ0n) is 12.4. The van der Waals surface area contributed by atoms with E-state index in [1.54, 1.807) is 27.7 Å². The second-order valence-electron chi connectivity index (χ2n) is 4.88. The van der Waals surface area contributed by atoms with Crippen molar-refractivity contribution in [2.75, 3.05) is 12.3 Å². The Morgan fingerprint density at radius 2 is 2.18 bits per heavy atom. The van der Waals surface area contributed by atoms with Gasteiger partial charge in [0.1, 0.15) is 6.23 Å². The van der Waals surface area contributed by atoms with Crippen molar-refractivity contribution in [3.63, 3.8) is 0 Å². The van der Waals surface area contributed by atoms with E-state index in [2.05, 4.69) is 15.0 Å². The maximum atomic E-state index is 7.37. The van der Waals surface area contributed by atoms with Crippen molar-refractivity contribution in [3.05, 3.63) is 42.3 Å². The summed E-state index contributed by atoms with van der Waals surface area (Å²) in [6.45, 7) is 11.8. The minimum absolute atomic E-state index is 0.162. The summed E-state index contributed by atoms with van der Waals surface area (Å²) >= 11 is 0. The quantitative estimate of drug-likeness (QED) is 0.751. The highest BCUT2D eigenvalue weighted by molar-refractivity contribution is 5.91. The van der Waals surface area contributed by atoms with E-state index in [4.69, 9.17) is 17.0 Å². The van der Waals surface area contributed by atoms with Crippen LogP contribution < -0.4 is 5.73 Å². The molecule has 0 aliphatic carbocycles. The van der Waals surface area contributed by atoms with Gasteiger partial charge in [-0.05, 0) is 19.9 Å². The summed E-state index contributed by atoms with van der Waals surface area (Å²) in [6.07, 6.45) is 6.69. The van der Waals surface area contributed by atoms with Crippen LogP contribution >= 0.6 is 0 Å². The first kappa shape index (κ1) is 14.1. The standard InChI is InChI=1S/C15H16N6O/c1-4-22-10(2)20-8-11(6-18-20)15-13(17-3)7-19-21-9-12(16)5-14(15)21/h5-10H,4,16H2,1-2H3. The van der Waals surface area contributed by atoms with Crippen molar-refractivity contribution in [1.29, 1.82) is 0 Å². The number of hydrogen-bond acceptors (Lipinski definition) is 4. The molecule has 0 aliphatic rings. The van der Waals surface area contributed by atoms with Crippen LogP contribution in [-0.4, -0.2) is 26.0 Å². The first-order valence-electron chi connectivity index (χ1n) is 6.94. The number of hydrogen-bond donors (Lipinski definition) is 1. The molecular formula is C15H16N6O. The van der Waals surface area contributed by atoms with Crippen molar-refractivity contribution in [2.24, 2.45) is 0 Å². The minimum atomic E-state index is -0.162. The van der Waals surface area contributed by atoms with Gasteiger partial charge in [-0.1, -0.05) is 0 Å². The van der Waals surface area contributed by atoms with Gasteiger partial charge in [0.05, 0.1) is 36.4 Å². The lowest BCUT2D eigenvalue weighted by Gasteiger charge is -2.11. The first-order valence-corrected chi connectivity index (χ1v) is 6.94. The van der Waals surface area contributed by atoms with Crippen molar-refractivity contribution < 1.29 is 4.74 Å². The average Bonchev–Trinajstić information content (AvgIpc) is 3.11. The lowest BCUT2D eigenvalue weighted by molar-refractivity contribution is 0.0160. The fraction of sp³-hybridized carbons (Fsp3) is 0.267. The summed E-state index contributed by atoms with van der Waals surface area (Å²) in [5, 5.41) is 8.53. The van der Waals surface area contributed by atoms with Crippen LogP contribution in [0.1, 0.15) is 20.1 Å². The summed E-state index contributed by atoms with van der Waals surface area (Å²) in [6, 6.07) is 1.81. The molecule has 22 heavy (non-hydrogen) atoms. The van der Waals surface area contributed by atoms with Gasteiger partial charge in [0, 0.05) is 23.9 Å². The molecule has 3 aromatic rings. The van der Waals surface area contributed by atoms with E-state index < -0.39 is 0 Å². The van der Waals surface area contributed by atoms with E-state index in [0.717, 1.165) is 16.6 Å². The molecule has 112 valence electrons. The number of nitrogens with two attached hydrogens (primary N) is 1. The summed E-state index contributed by atoms with van der Waals surface area (Å²) in [7, 11) is 0. The Kier molecular flexibility index (Phi) is 3.53. The molecule has 0 fully saturated rings. The van der Waals surface area contributed by atoms with Gasteiger partial charge in [0.25, 0.3) is 0 Å². The lowest BCUT2D eigenvalue weighted by atomic mass is 10.1. The number of nitrogen functional groups attached to an aromatic ring is 1.